The minimum Gasteiger partial charge on any atom is -0.343 e. The van der Waals surface area contributed by atoms with E-state index in [1.807, 2.05) is 4.90 Å². The number of aryl methyl sites for hydroxylation is 2. The van der Waals surface area contributed by atoms with E-state index in [9.17, 15) is 13.2 Å². The summed E-state index contributed by atoms with van der Waals surface area (Å²) in [7, 11) is -3.03. The fourth-order valence-corrected chi connectivity index (χ4v) is 5.88. The fourth-order valence-electron chi connectivity index (χ4n) is 4.05. The van der Waals surface area contributed by atoms with Gasteiger partial charge in [0.2, 0.25) is 5.91 Å². The Labute approximate surface area is 145 Å². The lowest BCUT2D eigenvalue weighted by molar-refractivity contribution is -0.132. The molecular weight excluding hydrogens is 322 g/mol. The van der Waals surface area contributed by atoms with Gasteiger partial charge in [0.25, 0.3) is 0 Å². The van der Waals surface area contributed by atoms with Gasteiger partial charge in [-0.25, -0.2) is 8.42 Å². The third kappa shape index (κ3) is 3.66. The average molecular weight is 349 g/mol. The van der Waals surface area contributed by atoms with Crippen LogP contribution in [0, 0.1) is 13.8 Å². The maximum Gasteiger partial charge on any atom is 0.223 e. The molecule has 0 bridgehead atoms. The summed E-state index contributed by atoms with van der Waals surface area (Å²) in [4.78, 5) is 14.3. The van der Waals surface area contributed by atoms with Crippen molar-refractivity contribution in [1.82, 2.24) is 4.90 Å². The molecule has 0 aromatic heterocycles. The van der Waals surface area contributed by atoms with Crippen molar-refractivity contribution in [2.45, 2.75) is 57.1 Å². The summed E-state index contributed by atoms with van der Waals surface area (Å²) in [6.07, 6.45) is 3.46. The number of nitrogens with zero attached hydrogens (tertiary/aromatic N) is 1. The number of hydrogen-bond acceptors (Lipinski definition) is 3. The molecule has 3 rings (SSSR count). The number of amides is 1. The number of carbonyl (C=O) groups excluding carboxylic acids is 1. The minimum atomic E-state index is -3.03. The first-order valence-corrected chi connectivity index (χ1v) is 10.6. The van der Waals surface area contributed by atoms with Crippen molar-refractivity contribution in [2.24, 2.45) is 0 Å². The SMILES string of the molecule is Cc1ccc(C)c(C2CCN(C(=O)CC3CCCS3(=O)=O)CC2)c1. The molecule has 24 heavy (non-hydrogen) atoms. The van der Waals surface area contributed by atoms with Crippen LogP contribution in [0.4, 0.5) is 0 Å². The Kier molecular flexibility index (Phi) is 5.00. The van der Waals surface area contributed by atoms with Gasteiger partial charge in [-0.1, -0.05) is 23.8 Å². The Hall–Kier alpha value is -1.36. The van der Waals surface area contributed by atoms with Crippen molar-refractivity contribution in [2.75, 3.05) is 18.8 Å². The largest absolute Gasteiger partial charge is 0.343 e. The van der Waals surface area contributed by atoms with E-state index in [4.69, 9.17) is 0 Å². The van der Waals surface area contributed by atoms with Gasteiger partial charge < -0.3 is 4.90 Å². The van der Waals surface area contributed by atoms with Crippen LogP contribution in [0.1, 0.15) is 54.7 Å². The summed E-state index contributed by atoms with van der Waals surface area (Å²) in [6, 6.07) is 6.58. The van der Waals surface area contributed by atoms with E-state index in [0.717, 1.165) is 25.9 Å². The van der Waals surface area contributed by atoms with Gasteiger partial charge in [-0.3, -0.25) is 4.79 Å². The molecule has 0 saturated carbocycles. The summed E-state index contributed by atoms with van der Waals surface area (Å²) < 4.78 is 23.8. The fraction of sp³-hybridized carbons (Fsp3) is 0.632. The van der Waals surface area contributed by atoms with Crippen LogP contribution >= 0.6 is 0 Å². The molecule has 2 fully saturated rings. The molecule has 132 valence electrons. The van der Waals surface area contributed by atoms with Crippen LogP contribution in [0.5, 0.6) is 0 Å². The monoisotopic (exact) mass is 349 g/mol. The van der Waals surface area contributed by atoms with Gasteiger partial charge in [-0.15, -0.1) is 0 Å². The second kappa shape index (κ2) is 6.87. The topological polar surface area (TPSA) is 54.5 Å². The average Bonchev–Trinajstić information content (AvgIpc) is 2.88. The Morgan fingerprint density at radius 1 is 1.17 bits per heavy atom. The molecule has 2 aliphatic rings. The molecule has 0 radical (unpaired) electrons. The number of likely N-dealkylation sites (tertiary alicyclic amines) is 1. The molecule has 1 aromatic rings. The van der Waals surface area contributed by atoms with Crippen LogP contribution < -0.4 is 0 Å². The Morgan fingerprint density at radius 3 is 2.50 bits per heavy atom. The summed E-state index contributed by atoms with van der Waals surface area (Å²) in [5.74, 6) is 0.772. The number of carbonyl (C=O) groups is 1. The lowest BCUT2D eigenvalue weighted by Gasteiger charge is -2.33. The zero-order valence-electron chi connectivity index (χ0n) is 14.6. The van der Waals surface area contributed by atoms with Crippen molar-refractivity contribution >= 4 is 15.7 Å². The molecule has 0 N–H and O–H groups in total. The van der Waals surface area contributed by atoms with Crippen molar-refractivity contribution in [1.29, 1.82) is 0 Å². The van der Waals surface area contributed by atoms with Crippen LogP contribution in [0.25, 0.3) is 0 Å². The van der Waals surface area contributed by atoms with E-state index in [1.54, 1.807) is 0 Å². The third-order valence-electron chi connectivity index (χ3n) is 5.59. The van der Waals surface area contributed by atoms with E-state index in [2.05, 4.69) is 32.0 Å². The highest BCUT2D eigenvalue weighted by atomic mass is 32.2. The standard InChI is InChI=1S/C19H27NO3S/c1-14-5-6-15(2)18(12-14)16-7-9-20(10-8-16)19(21)13-17-4-3-11-24(17,22)23/h5-6,12,16-17H,3-4,7-11,13H2,1-2H3. The van der Waals surface area contributed by atoms with Gasteiger partial charge in [0, 0.05) is 19.5 Å². The molecule has 2 heterocycles. The van der Waals surface area contributed by atoms with Crippen molar-refractivity contribution < 1.29 is 13.2 Å². The molecule has 2 aliphatic heterocycles. The van der Waals surface area contributed by atoms with Crippen LogP contribution in [-0.4, -0.2) is 43.3 Å². The molecule has 2 saturated heterocycles. The summed E-state index contributed by atoms with van der Waals surface area (Å²) in [5.41, 5.74) is 4.00. The summed E-state index contributed by atoms with van der Waals surface area (Å²) in [5, 5.41) is -0.443. The molecular formula is C19H27NO3S. The van der Waals surface area contributed by atoms with E-state index < -0.39 is 15.1 Å². The van der Waals surface area contributed by atoms with Gasteiger partial charge in [-0.2, -0.15) is 0 Å². The maximum absolute atomic E-state index is 12.5. The summed E-state index contributed by atoms with van der Waals surface area (Å²) in [6.45, 7) is 5.74. The second-order valence-electron chi connectivity index (χ2n) is 7.35. The Balaban J connectivity index is 1.59. The number of piperidine rings is 1. The molecule has 1 amide bonds. The molecule has 4 nitrogen and oxygen atoms in total. The Morgan fingerprint density at radius 2 is 1.88 bits per heavy atom. The highest BCUT2D eigenvalue weighted by Gasteiger charge is 2.35. The predicted octanol–water partition coefficient (Wildman–Crippen LogP) is 2.98. The zero-order valence-corrected chi connectivity index (χ0v) is 15.4. The summed E-state index contributed by atoms with van der Waals surface area (Å²) >= 11 is 0. The van der Waals surface area contributed by atoms with Gasteiger partial charge in [0.15, 0.2) is 9.84 Å². The zero-order chi connectivity index (χ0) is 17.3. The number of rotatable bonds is 3. The van der Waals surface area contributed by atoms with Crippen LogP contribution in [0.2, 0.25) is 0 Å². The number of benzene rings is 1. The van der Waals surface area contributed by atoms with Crippen LogP contribution in [0.15, 0.2) is 18.2 Å². The van der Waals surface area contributed by atoms with E-state index in [-0.39, 0.29) is 18.1 Å². The first kappa shape index (κ1) is 17.5. The van der Waals surface area contributed by atoms with Crippen molar-refractivity contribution in [3.8, 4) is 0 Å². The highest BCUT2D eigenvalue weighted by molar-refractivity contribution is 7.92. The van der Waals surface area contributed by atoms with Gasteiger partial charge in [-0.05, 0) is 56.6 Å². The molecule has 0 aliphatic carbocycles. The third-order valence-corrected chi connectivity index (χ3v) is 7.86. The van der Waals surface area contributed by atoms with Crippen molar-refractivity contribution in [3.05, 3.63) is 34.9 Å². The Bertz CT molecular complexity index is 718. The first-order chi connectivity index (χ1) is 11.4. The van der Waals surface area contributed by atoms with E-state index in [1.165, 1.54) is 16.7 Å². The molecule has 0 spiro atoms. The molecule has 1 atom stereocenters. The lowest BCUT2D eigenvalue weighted by Crippen LogP contribution is -2.40. The van der Waals surface area contributed by atoms with Crippen LogP contribution in [-0.2, 0) is 14.6 Å². The predicted molar refractivity (Wildman–Crippen MR) is 95.9 cm³/mol. The quantitative estimate of drug-likeness (QED) is 0.843. The van der Waals surface area contributed by atoms with Crippen LogP contribution in [0.3, 0.4) is 0 Å². The van der Waals surface area contributed by atoms with Gasteiger partial charge in [0.05, 0.1) is 11.0 Å². The first-order valence-electron chi connectivity index (χ1n) is 8.93. The lowest BCUT2D eigenvalue weighted by atomic mass is 9.86. The number of hydrogen-bond donors (Lipinski definition) is 0. The molecule has 1 unspecified atom stereocenters. The maximum atomic E-state index is 12.5. The normalized spacial score (nSPS) is 24.2. The highest BCUT2D eigenvalue weighted by Crippen LogP contribution is 2.32. The smallest absolute Gasteiger partial charge is 0.223 e. The second-order valence-corrected chi connectivity index (χ2v) is 9.75. The number of sulfone groups is 1. The van der Waals surface area contributed by atoms with E-state index in [0.29, 0.717) is 18.8 Å². The van der Waals surface area contributed by atoms with E-state index >= 15 is 0 Å². The molecule has 1 aromatic carbocycles. The minimum absolute atomic E-state index is 0.0184. The van der Waals surface area contributed by atoms with Gasteiger partial charge >= 0.3 is 0 Å². The van der Waals surface area contributed by atoms with Gasteiger partial charge in [0.1, 0.15) is 0 Å². The molecule has 5 heteroatoms. The van der Waals surface area contributed by atoms with Crippen molar-refractivity contribution in [3.63, 3.8) is 0 Å².